The Morgan fingerprint density at radius 3 is 2.40 bits per heavy atom. The van der Waals surface area contributed by atoms with Gasteiger partial charge in [-0.15, -0.1) is 0 Å². The third-order valence-electron chi connectivity index (χ3n) is 2.08. The highest BCUT2D eigenvalue weighted by Gasteiger charge is 2.17. The Balaban J connectivity index is 3.36. The third-order valence-corrected chi connectivity index (χ3v) is 3.87. The number of sulfonamides is 1. The van der Waals surface area contributed by atoms with Crippen LogP contribution in [0.25, 0.3) is 0 Å². The van der Waals surface area contributed by atoms with E-state index in [1.807, 2.05) is 0 Å². The van der Waals surface area contributed by atoms with Gasteiger partial charge in [-0.3, -0.25) is 4.79 Å². The van der Waals surface area contributed by atoms with Crippen LogP contribution in [0.4, 0.5) is 0 Å². The average molecular weight is 230 g/mol. The summed E-state index contributed by atoms with van der Waals surface area (Å²) in [5.41, 5.74) is -0.199. The lowest BCUT2D eigenvalue weighted by atomic mass is 10.5. The van der Waals surface area contributed by atoms with Crippen LogP contribution in [0, 0.1) is 0 Å². The molecule has 84 valence electrons. The lowest BCUT2D eigenvalue weighted by Gasteiger charge is -2.12. The standard InChI is InChI=1S/C9H14N2O3S/c1-4-11-7-8(5-6-9(11)12)15(13,14)10(2)3/h5-7H,4H2,1-3H3. The molecule has 0 radical (unpaired) electrons. The topological polar surface area (TPSA) is 59.4 Å². The van der Waals surface area contributed by atoms with Crippen LogP contribution < -0.4 is 5.56 Å². The smallest absolute Gasteiger partial charge is 0.250 e. The Kier molecular flexibility index (Phi) is 3.31. The maximum Gasteiger partial charge on any atom is 0.250 e. The summed E-state index contributed by atoms with van der Waals surface area (Å²) in [6.07, 6.45) is 1.36. The van der Waals surface area contributed by atoms with Crippen molar-refractivity contribution in [2.45, 2.75) is 18.4 Å². The van der Waals surface area contributed by atoms with Crippen molar-refractivity contribution >= 4 is 10.0 Å². The lowest BCUT2D eigenvalue weighted by molar-refractivity contribution is 0.519. The van der Waals surface area contributed by atoms with Gasteiger partial charge in [0.1, 0.15) is 0 Å². The van der Waals surface area contributed by atoms with Crippen LogP contribution in [-0.2, 0) is 16.6 Å². The molecule has 1 rings (SSSR count). The zero-order chi connectivity index (χ0) is 11.6. The van der Waals surface area contributed by atoms with Gasteiger partial charge in [0, 0.05) is 32.9 Å². The van der Waals surface area contributed by atoms with Crippen LogP contribution in [0.2, 0.25) is 0 Å². The molecule has 0 aliphatic rings. The number of rotatable bonds is 3. The first-order valence-electron chi connectivity index (χ1n) is 4.52. The van der Waals surface area contributed by atoms with E-state index in [2.05, 4.69) is 0 Å². The summed E-state index contributed by atoms with van der Waals surface area (Å²) in [4.78, 5) is 11.4. The van der Waals surface area contributed by atoms with Crippen molar-refractivity contribution in [1.29, 1.82) is 0 Å². The Morgan fingerprint density at radius 2 is 1.93 bits per heavy atom. The van der Waals surface area contributed by atoms with Gasteiger partial charge in [0.05, 0.1) is 4.90 Å². The van der Waals surface area contributed by atoms with Crippen molar-refractivity contribution in [3.63, 3.8) is 0 Å². The molecule has 0 saturated heterocycles. The van der Waals surface area contributed by atoms with Gasteiger partial charge in [0.25, 0.3) is 5.56 Å². The molecule has 0 N–H and O–H groups in total. The van der Waals surface area contributed by atoms with E-state index in [0.717, 1.165) is 4.31 Å². The first-order chi connectivity index (χ1) is 6.89. The Bertz CT molecular complexity index is 502. The second kappa shape index (κ2) is 4.16. The van der Waals surface area contributed by atoms with E-state index in [1.54, 1.807) is 6.92 Å². The van der Waals surface area contributed by atoms with Gasteiger partial charge in [-0.05, 0) is 13.0 Å². The highest BCUT2D eigenvalue weighted by molar-refractivity contribution is 7.89. The van der Waals surface area contributed by atoms with Crippen molar-refractivity contribution in [2.24, 2.45) is 0 Å². The van der Waals surface area contributed by atoms with Crippen LogP contribution in [0.3, 0.4) is 0 Å². The van der Waals surface area contributed by atoms with E-state index in [4.69, 9.17) is 0 Å². The fourth-order valence-corrected chi connectivity index (χ4v) is 2.04. The summed E-state index contributed by atoms with van der Waals surface area (Å²) in [6, 6.07) is 2.59. The molecular weight excluding hydrogens is 216 g/mol. The summed E-state index contributed by atoms with van der Waals surface area (Å²) in [6.45, 7) is 2.24. The highest BCUT2D eigenvalue weighted by atomic mass is 32.2. The number of hydrogen-bond acceptors (Lipinski definition) is 3. The van der Waals surface area contributed by atoms with Crippen LogP contribution >= 0.6 is 0 Å². The minimum absolute atomic E-state index is 0.133. The van der Waals surface area contributed by atoms with Gasteiger partial charge < -0.3 is 4.57 Å². The minimum atomic E-state index is -3.45. The second-order valence-corrected chi connectivity index (χ2v) is 5.43. The molecule has 0 spiro atoms. The number of aryl methyl sites for hydroxylation is 1. The SMILES string of the molecule is CCn1cc(S(=O)(=O)N(C)C)ccc1=O. The molecule has 0 aliphatic heterocycles. The normalized spacial score (nSPS) is 12.0. The van der Waals surface area contributed by atoms with Gasteiger partial charge in [-0.25, -0.2) is 12.7 Å². The summed E-state index contributed by atoms with van der Waals surface area (Å²) in [5, 5.41) is 0. The molecule has 5 nitrogen and oxygen atoms in total. The first-order valence-corrected chi connectivity index (χ1v) is 5.96. The fraction of sp³-hybridized carbons (Fsp3) is 0.444. The number of aromatic nitrogens is 1. The summed E-state index contributed by atoms with van der Waals surface area (Å²) in [5.74, 6) is 0. The maximum absolute atomic E-state index is 11.7. The van der Waals surface area contributed by atoms with E-state index in [1.165, 1.54) is 37.0 Å². The summed E-state index contributed by atoms with van der Waals surface area (Å²) >= 11 is 0. The van der Waals surface area contributed by atoms with Gasteiger partial charge in [-0.2, -0.15) is 0 Å². The van der Waals surface area contributed by atoms with Crippen molar-refractivity contribution in [3.8, 4) is 0 Å². The number of hydrogen-bond donors (Lipinski definition) is 0. The Morgan fingerprint density at radius 1 is 1.33 bits per heavy atom. The van der Waals surface area contributed by atoms with E-state index >= 15 is 0 Å². The molecule has 15 heavy (non-hydrogen) atoms. The first kappa shape index (κ1) is 11.9. The molecule has 6 heteroatoms. The van der Waals surface area contributed by atoms with Gasteiger partial charge in [0.2, 0.25) is 10.0 Å². The number of pyridine rings is 1. The molecule has 0 saturated carbocycles. The highest BCUT2D eigenvalue weighted by Crippen LogP contribution is 2.10. The molecule has 0 aliphatic carbocycles. The maximum atomic E-state index is 11.7. The summed E-state index contributed by atoms with van der Waals surface area (Å²) in [7, 11) is -0.542. The molecule has 1 aromatic rings. The Hall–Kier alpha value is -1.14. The zero-order valence-electron chi connectivity index (χ0n) is 8.97. The second-order valence-electron chi connectivity index (χ2n) is 3.28. The van der Waals surface area contributed by atoms with Crippen LogP contribution in [0.15, 0.2) is 28.0 Å². The van der Waals surface area contributed by atoms with E-state index in [-0.39, 0.29) is 10.5 Å². The average Bonchev–Trinajstić information content (AvgIpc) is 2.18. The third kappa shape index (κ3) is 2.27. The lowest BCUT2D eigenvalue weighted by Crippen LogP contribution is -2.25. The van der Waals surface area contributed by atoms with Gasteiger partial charge in [0.15, 0.2) is 0 Å². The van der Waals surface area contributed by atoms with Crippen LogP contribution in [0.5, 0.6) is 0 Å². The zero-order valence-corrected chi connectivity index (χ0v) is 9.78. The molecule has 0 atom stereocenters. The molecule has 1 aromatic heterocycles. The summed E-state index contributed by atoms with van der Waals surface area (Å²) < 4.78 is 25.9. The van der Waals surface area contributed by atoms with Crippen molar-refractivity contribution in [1.82, 2.24) is 8.87 Å². The molecule has 0 fully saturated rings. The van der Waals surface area contributed by atoms with Crippen molar-refractivity contribution < 1.29 is 8.42 Å². The molecule has 1 heterocycles. The molecule has 0 bridgehead atoms. The quantitative estimate of drug-likeness (QED) is 0.741. The van der Waals surface area contributed by atoms with E-state index in [0.29, 0.717) is 6.54 Å². The molecule has 0 unspecified atom stereocenters. The van der Waals surface area contributed by atoms with E-state index in [9.17, 15) is 13.2 Å². The van der Waals surface area contributed by atoms with Crippen molar-refractivity contribution in [3.05, 3.63) is 28.7 Å². The molecule has 0 amide bonds. The largest absolute Gasteiger partial charge is 0.314 e. The van der Waals surface area contributed by atoms with Crippen molar-refractivity contribution in [2.75, 3.05) is 14.1 Å². The monoisotopic (exact) mass is 230 g/mol. The fourth-order valence-electron chi connectivity index (χ4n) is 1.12. The van der Waals surface area contributed by atoms with Crippen LogP contribution in [0.1, 0.15) is 6.92 Å². The Labute approximate surface area is 89.0 Å². The molecule has 0 aromatic carbocycles. The van der Waals surface area contributed by atoms with Crippen LogP contribution in [-0.4, -0.2) is 31.4 Å². The minimum Gasteiger partial charge on any atom is -0.314 e. The number of nitrogens with zero attached hydrogens (tertiary/aromatic N) is 2. The van der Waals surface area contributed by atoms with E-state index < -0.39 is 10.0 Å². The molecular formula is C9H14N2O3S. The van der Waals surface area contributed by atoms with Gasteiger partial charge in [-0.1, -0.05) is 0 Å². The van der Waals surface area contributed by atoms with Gasteiger partial charge >= 0.3 is 0 Å². The predicted molar refractivity (Wildman–Crippen MR) is 57.2 cm³/mol. The predicted octanol–water partition coefficient (Wildman–Crippen LogP) is 0.118.